The third kappa shape index (κ3) is 2.87. The molecule has 1 nitrogen and oxygen atoms in total. The molecule has 0 unspecified atom stereocenters. The van der Waals surface area contributed by atoms with Gasteiger partial charge in [0.05, 0.1) is 5.52 Å². The summed E-state index contributed by atoms with van der Waals surface area (Å²) in [5.41, 5.74) is 8.16. The SMILES string of the molecule is c1ccc(-c2cnc3c(-c4ccccc4)cccc3c2-c2ccccc2)cc1. The summed E-state index contributed by atoms with van der Waals surface area (Å²) in [6, 6.07) is 38.1. The molecule has 0 saturated heterocycles. The first-order valence-corrected chi connectivity index (χ1v) is 9.50. The van der Waals surface area contributed by atoms with Gasteiger partial charge in [-0.3, -0.25) is 4.98 Å². The predicted molar refractivity (Wildman–Crippen MR) is 118 cm³/mol. The molecule has 0 aliphatic rings. The van der Waals surface area contributed by atoms with Crippen molar-refractivity contribution in [2.45, 2.75) is 0 Å². The molecule has 4 aromatic carbocycles. The second kappa shape index (κ2) is 7.13. The van der Waals surface area contributed by atoms with Crippen LogP contribution in [0, 0.1) is 0 Å². The summed E-state index contributed by atoms with van der Waals surface area (Å²) in [6.07, 6.45) is 2.02. The van der Waals surface area contributed by atoms with Crippen molar-refractivity contribution in [1.29, 1.82) is 0 Å². The van der Waals surface area contributed by atoms with Gasteiger partial charge in [-0.25, -0.2) is 0 Å². The monoisotopic (exact) mass is 357 g/mol. The first-order chi connectivity index (χ1) is 13.9. The first kappa shape index (κ1) is 16.5. The molecular weight excluding hydrogens is 338 g/mol. The van der Waals surface area contributed by atoms with Crippen molar-refractivity contribution in [3.63, 3.8) is 0 Å². The second-order valence-electron chi connectivity index (χ2n) is 6.85. The Morgan fingerprint density at radius 1 is 0.429 bits per heavy atom. The molecule has 0 spiro atoms. The number of pyridine rings is 1. The van der Waals surface area contributed by atoms with Crippen LogP contribution in [0.25, 0.3) is 44.3 Å². The highest BCUT2D eigenvalue weighted by Gasteiger charge is 2.15. The molecule has 0 radical (unpaired) electrons. The highest BCUT2D eigenvalue weighted by atomic mass is 14.7. The normalized spacial score (nSPS) is 10.9. The molecule has 0 atom stereocenters. The van der Waals surface area contributed by atoms with Crippen molar-refractivity contribution in [2.75, 3.05) is 0 Å². The van der Waals surface area contributed by atoms with Crippen molar-refractivity contribution < 1.29 is 0 Å². The van der Waals surface area contributed by atoms with Gasteiger partial charge in [-0.2, -0.15) is 0 Å². The van der Waals surface area contributed by atoms with E-state index in [-0.39, 0.29) is 0 Å². The molecular formula is C27H19N. The second-order valence-corrected chi connectivity index (χ2v) is 6.85. The van der Waals surface area contributed by atoms with Gasteiger partial charge < -0.3 is 0 Å². The van der Waals surface area contributed by atoms with Gasteiger partial charge in [0.15, 0.2) is 0 Å². The van der Waals surface area contributed by atoms with Gasteiger partial charge in [0.1, 0.15) is 0 Å². The number of nitrogens with zero attached hydrogens (tertiary/aromatic N) is 1. The van der Waals surface area contributed by atoms with Gasteiger partial charge in [-0.05, 0) is 16.7 Å². The highest BCUT2D eigenvalue weighted by Crippen LogP contribution is 2.39. The van der Waals surface area contributed by atoms with E-state index in [9.17, 15) is 0 Å². The molecule has 0 saturated carbocycles. The topological polar surface area (TPSA) is 12.9 Å². The minimum Gasteiger partial charge on any atom is -0.255 e. The molecule has 0 N–H and O–H groups in total. The smallest absolute Gasteiger partial charge is 0.0786 e. The maximum Gasteiger partial charge on any atom is 0.0786 e. The van der Waals surface area contributed by atoms with E-state index in [0.29, 0.717) is 0 Å². The molecule has 1 heteroatoms. The highest BCUT2D eigenvalue weighted by molar-refractivity contribution is 6.06. The van der Waals surface area contributed by atoms with Gasteiger partial charge in [-0.1, -0.05) is 109 Å². The van der Waals surface area contributed by atoms with E-state index in [2.05, 4.69) is 97.1 Å². The fourth-order valence-corrected chi connectivity index (χ4v) is 3.83. The van der Waals surface area contributed by atoms with Crippen molar-refractivity contribution in [2.24, 2.45) is 0 Å². The van der Waals surface area contributed by atoms with Crippen molar-refractivity contribution >= 4 is 10.9 Å². The van der Waals surface area contributed by atoms with E-state index in [1.54, 1.807) is 0 Å². The predicted octanol–water partition coefficient (Wildman–Crippen LogP) is 7.24. The summed E-state index contributed by atoms with van der Waals surface area (Å²) in [5, 5.41) is 1.17. The lowest BCUT2D eigenvalue weighted by Crippen LogP contribution is -1.92. The lowest BCUT2D eigenvalue weighted by molar-refractivity contribution is 1.40. The van der Waals surface area contributed by atoms with Crippen LogP contribution < -0.4 is 0 Å². The molecule has 0 amide bonds. The molecule has 1 aromatic heterocycles. The summed E-state index contributed by atoms with van der Waals surface area (Å²) in [6.45, 7) is 0. The van der Waals surface area contributed by atoms with Crippen molar-refractivity contribution in [3.05, 3.63) is 115 Å². The minimum absolute atomic E-state index is 1.03. The van der Waals surface area contributed by atoms with Crippen LogP contribution >= 0.6 is 0 Å². The fourth-order valence-electron chi connectivity index (χ4n) is 3.83. The number of para-hydroxylation sites is 1. The Morgan fingerprint density at radius 3 is 1.57 bits per heavy atom. The van der Waals surface area contributed by atoms with Crippen LogP contribution in [0.5, 0.6) is 0 Å². The van der Waals surface area contributed by atoms with Crippen LogP contribution in [0.15, 0.2) is 115 Å². The van der Waals surface area contributed by atoms with Crippen LogP contribution in [0.2, 0.25) is 0 Å². The van der Waals surface area contributed by atoms with E-state index in [1.807, 2.05) is 18.3 Å². The van der Waals surface area contributed by atoms with Crippen LogP contribution in [0.1, 0.15) is 0 Å². The number of rotatable bonds is 3. The quantitative estimate of drug-likeness (QED) is 0.332. The Bertz CT molecular complexity index is 1230. The lowest BCUT2D eigenvalue weighted by Gasteiger charge is -2.15. The van der Waals surface area contributed by atoms with Crippen LogP contribution in [0.4, 0.5) is 0 Å². The molecule has 132 valence electrons. The molecule has 5 rings (SSSR count). The number of aromatic nitrogens is 1. The third-order valence-corrected chi connectivity index (χ3v) is 5.13. The molecule has 0 aliphatic heterocycles. The Balaban J connectivity index is 1.86. The maximum atomic E-state index is 4.92. The molecule has 0 bridgehead atoms. The van der Waals surface area contributed by atoms with Crippen molar-refractivity contribution in [1.82, 2.24) is 4.98 Å². The number of benzene rings is 4. The van der Waals surface area contributed by atoms with E-state index in [0.717, 1.165) is 16.6 Å². The first-order valence-electron chi connectivity index (χ1n) is 9.50. The molecule has 5 aromatic rings. The third-order valence-electron chi connectivity index (χ3n) is 5.13. The zero-order chi connectivity index (χ0) is 18.8. The minimum atomic E-state index is 1.03. The van der Waals surface area contributed by atoms with Gasteiger partial charge in [0.25, 0.3) is 0 Å². The molecule has 28 heavy (non-hydrogen) atoms. The summed E-state index contributed by atoms with van der Waals surface area (Å²) in [5.74, 6) is 0. The van der Waals surface area contributed by atoms with E-state index >= 15 is 0 Å². The Labute approximate surface area is 165 Å². The summed E-state index contributed by atoms with van der Waals surface area (Å²) < 4.78 is 0. The van der Waals surface area contributed by atoms with Gasteiger partial charge >= 0.3 is 0 Å². The maximum absolute atomic E-state index is 4.92. The van der Waals surface area contributed by atoms with Gasteiger partial charge in [-0.15, -0.1) is 0 Å². The fraction of sp³-hybridized carbons (Fsp3) is 0. The number of hydrogen-bond acceptors (Lipinski definition) is 1. The average Bonchev–Trinajstić information content (AvgIpc) is 2.79. The summed E-state index contributed by atoms with van der Waals surface area (Å²) >= 11 is 0. The van der Waals surface area contributed by atoms with Crippen molar-refractivity contribution in [3.8, 4) is 33.4 Å². The molecule has 0 fully saturated rings. The summed E-state index contributed by atoms with van der Waals surface area (Å²) in [7, 11) is 0. The van der Waals surface area contributed by atoms with E-state index < -0.39 is 0 Å². The largest absolute Gasteiger partial charge is 0.255 e. The Kier molecular flexibility index (Phi) is 4.19. The van der Waals surface area contributed by atoms with Crippen LogP contribution in [-0.4, -0.2) is 4.98 Å². The van der Waals surface area contributed by atoms with E-state index in [4.69, 9.17) is 4.98 Å². The number of fused-ring (bicyclic) bond motifs is 1. The standard InChI is InChI=1S/C27H19N/c1-4-11-20(12-5-1)23-17-10-18-24-26(22-15-8-3-9-16-22)25(19-28-27(23)24)21-13-6-2-7-14-21/h1-19H. The Morgan fingerprint density at radius 2 is 0.964 bits per heavy atom. The number of hydrogen-bond donors (Lipinski definition) is 0. The average molecular weight is 357 g/mol. The van der Waals surface area contributed by atoms with Gasteiger partial charge in [0.2, 0.25) is 0 Å². The summed E-state index contributed by atoms with van der Waals surface area (Å²) in [4.78, 5) is 4.92. The van der Waals surface area contributed by atoms with Crippen LogP contribution in [0.3, 0.4) is 0 Å². The molecule has 1 heterocycles. The molecule has 0 aliphatic carbocycles. The van der Waals surface area contributed by atoms with Crippen LogP contribution in [-0.2, 0) is 0 Å². The Hall–Kier alpha value is -3.71. The zero-order valence-electron chi connectivity index (χ0n) is 15.4. The zero-order valence-corrected chi connectivity index (χ0v) is 15.4. The lowest BCUT2D eigenvalue weighted by atomic mass is 9.90. The van der Waals surface area contributed by atoms with Gasteiger partial charge in [0, 0.05) is 28.3 Å². The van der Waals surface area contributed by atoms with E-state index in [1.165, 1.54) is 27.6 Å².